The molecule has 1 aromatic heterocycles. The van der Waals surface area contributed by atoms with Gasteiger partial charge in [-0.15, -0.1) is 10.2 Å². The maximum absolute atomic E-state index is 13.4. The number of nitrogens with one attached hydrogen (secondary N) is 4. The lowest BCUT2D eigenvalue weighted by Gasteiger charge is -2.33. The van der Waals surface area contributed by atoms with E-state index in [9.17, 15) is 19.2 Å². The molecule has 0 aliphatic carbocycles. The maximum atomic E-state index is 13.4. The van der Waals surface area contributed by atoms with Gasteiger partial charge in [-0.1, -0.05) is 51.1 Å². The standard InChI is InChI=1S/C30H43N7O5/c1-5-23-29-36-35-28(42-29)22(14-21-10-7-6-8-11-21)33-26(40)20(4)32-17-30(18-38,15-19(2)3)34-25(39)16-31-27(41)24-12-9-13-37(23)24/h6-8,10-11,18-20,22-24,32H,5,9,12-17H2,1-4H3,(H,31,41)(H,33,40)(H,34,39)/t20-,22-,23?,24-,30-/m0/s1. The molecule has 12 nitrogen and oxygen atoms in total. The number of rotatable bonds is 6. The number of nitrogens with zero attached hydrogens (tertiary/aromatic N) is 3. The van der Waals surface area contributed by atoms with Crippen LogP contribution in [0.4, 0.5) is 0 Å². The second kappa shape index (κ2) is 14.0. The first-order chi connectivity index (χ1) is 20.1. The average Bonchev–Trinajstić information content (AvgIpc) is 3.65. The molecule has 2 aliphatic heterocycles. The molecule has 2 bridgehead atoms. The van der Waals surface area contributed by atoms with Crippen LogP contribution in [0.15, 0.2) is 34.7 Å². The molecule has 1 unspecified atom stereocenters. The summed E-state index contributed by atoms with van der Waals surface area (Å²) in [4.78, 5) is 54.1. The molecular formula is C30H43N7O5. The van der Waals surface area contributed by atoms with Crippen LogP contribution in [0.25, 0.3) is 0 Å². The Morgan fingerprint density at radius 1 is 1.12 bits per heavy atom. The minimum atomic E-state index is -1.26. The monoisotopic (exact) mass is 581 g/mol. The lowest BCUT2D eigenvalue weighted by atomic mass is 9.89. The van der Waals surface area contributed by atoms with E-state index in [1.54, 1.807) is 6.92 Å². The third kappa shape index (κ3) is 7.60. The highest BCUT2D eigenvalue weighted by Crippen LogP contribution is 2.32. The van der Waals surface area contributed by atoms with Crippen molar-refractivity contribution in [1.29, 1.82) is 0 Å². The Balaban J connectivity index is 1.69. The van der Waals surface area contributed by atoms with Gasteiger partial charge in [-0.2, -0.15) is 0 Å². The number of hydrogen-bond donors (Lipinski definition) is 4. The van der Waals surface area contributed by atoms with Crippen LogP contribution in [0, 0.1) is 5.92 Å². The van der Waals surface area contributed by atoms with Crippen molar-refractivity contribution in [3.05, 3.63) is 47.7 Å². The fraction of sp³-hybridized carbons (Fsp3) is 0.600. The molecular weight excluding hydrogens is 538 g/mol. The number of aromatic nitrogens is 2. The Morgan fingerprint density at radius 3 is 2.55 bits per heavy atom. The summed E-state index contributed by atoms with van der Waals surface area (Å²) in [6, 6.07) is 7.62. The molecule has 1 fully saturated rings. The maximum Gasteiger partial charge on any atom is 0.240 e. The van der Waals surface area contributed by atoms with Crippen molar-refractivity contribution in [2.75, 3.05) is 19.6 Å². The molecule has 12 heteroatoms. The normalized spacial score (nSPS) is 28.3. The highest BCUT2D eigenvalue weighted by atomic mass is 16.4. The SMILES string of the molecule is CCC1c2nnc(o2)[C@H](Cc2ccccc2)NC(=O)[C@H](C)NC[C@](C=O)(CC(C)C)NC(=O)CNC(=O)[C@@H]2CCCN12. The second-order valence-electron chi connectivity index (χ2n) is 11.8. The Hall–Kier alpha value is -3.64. The molecule has 0 spiro atoms. The fourth-order valence-electron chi connectivity index (χ4n) is 5.91. The van der Waals surface area contributed by atoms with Crippen LogP contribution in [0.5, 0.6) is 0 Å². The number of amides is 3. The summed E-state index contributed by atoms with van der Waals surface area (Å²) >= 11 is 0. The largest absolute Gasteiger partial charge is 0.421 e. The van der Waals surface area contributed by atoms with Gasteiger partial charge in [-0.3, -0.25) is 19.3 Å². The lowest BCUT2D eigenvalue weighted by molar-refractivity contribution is -0.131. The van der Waals surface area contributed by atoms with Crippen molar-refractivity contribution in [2.45, 2.75) is 89.5 Å². The molecule has 1 saturated heterocycles. The number of fused-ring (bicyclic) bond motifs is 3. The third-order valence-corrected chi connectivity index (χ3v) is 7.95. The molecule has 5 atom stereocenters. The predicted molar refractivity (Wildman–Crippen MR) is 155 cm³/mol. The summed E-state index contributed by atoms with van der Waals surface area (Å²) in [7, 11) is 0. The number of benzene rings is 1. The Kier molecular flexibility index (Phi) is 10.4. The molecule has 228 valence electrons. The van der Waals surface area contributed by atoms with Crippen LogP contribution in [-0.2, 0) is 25.6 Å². The number of carbonyl (C=O) groups is 4. The van der Waals surface area contributed by atoms with E-state index in [2.05, 4.69) is 31.5 Å². The summed E-state index contributed by atoms with van der Waals surface area (Å²) in [5.41, 5.74) is -0.277. The Bertz CT molecular complexity index is 1240. The summed E-state index contributed by atoms with van der Waals surface area (Å²) in [6.07, 6.45) is 3.55. The van der Waals surface area contributed by atoms with E-state index >= 15 is 0 Å². The van der Waals surface area contributed by atoms with Gasteiger partial charge < -0.3 is 30.5 Å². The van der Waals surface area contributed by atoms with Crippen LogP contribution in [0.2, 0.25) is 0 Å². The van der Waals surface area contributed by atoms with E-state index in [0.29, 0.717) is 44.4 Å². The van der Waals surface area contributed by atoms with E-state index < -0.39 is 29.6 Å². The first-order valence-electron chi connectivity index (χ1n) is 14.9. The minimum absolute atomic E-state index is 0.0333. The van der Waals surface area contributed by atoms with E-state index in [-0.39, 0.29) is 42.8 Å². The molecule has 4 rings (SSSR count). The summed E-state index contributed by atoms with van der Waals surface area (Å²) in [5.74, 6) is -0.307. The van der Waals surface area contributed by atoms with Gasteiger partial charge in [-0.25, -0.2) is 0 Å². The first-order valence-corrected chi connectivity index (χ1v) is 14.9. The second-order valence-corrected chi connectivity index (χ2v) is 11.8. The van der Waals surface area contributed by atoms with Crippen molar-refractivity contribution >= 4 is 24.0 Å². The molecule has 4 N–H and O–H groups in total. The van der Waals surface area contributed by atoms with Crippen LogP contribution in [0.3, 0.4) is 0 Å². The van der Waals surface area contributed by atoms with E-state index in [4.69, 9.17) is 4.42 Å². The smallest absolute Gasteiger partial charge is 0.240 e. The van der Waals surface area contributed by atoms with Crippen LogP contribution >= 0.6 is 0 Å². The van der Waals surface area contributed by atoms with Gasteiger partial charge in [0, 0.05) is 13.0 Å². The van der Waals surface area contributed by atoms with Crippen LogP contribution < -0.4 is 21.3 Å². The molecule has 3 amide bonds. The van der Waals surface area contributed by atoms with Gasteiger partial charge in [0.1, 0.15) is 17.9 Å². The molecule has 42 heavy (non-hydrogen) atoms. The van der Waals surface area contributed by atoms with Gasteiger partial charge in [0.25, 0.3) is 0 Å². The fourth-order valence-corrected chi connectivity index (χ4v) is 5.91. The zero-order valence-electron chi connectivity index (χ0n) is 24.9. The quantitative estimate of drug-likeness (QED) is 0.372. The van der Waals surface area contributed by atoms with Gasteiger partial charge in [0.15, 0.2) is 0 Å². The molecule has 2 aliphatic rings. The molecule has 2 aromatic rings. The molecule has 0 saturated carbocycles. The Morgan fingerprint density at radius 2 is 1.86 bits per heavy atom. The zero-order chi connectivity index (χ0) is 30.3. The average molecular weight is 582 g/mol. The van der Waals surface area contributed by atoms with Crippen LogP contribution in [0.1, 0.15) is 82.8 Å². The lowest BCUT2D eigenvalue weighted by Crippen LogP contribution is -2.60. The third-order valence-electron chi connectivity index (χ3n) is 7.95. The Labute approximate surface area is 246 Å². The highest BCUT2D eigenvalue weighted by Gasteiger charge is 2.39. The van der Waals surface area contributed by atoms with Gasteiger partial charge in [0.05, 0.1) is 24.7 Å². The number of aldehydes is 1. The van der Waals surface area contributed by atoms with E-state index in [1.807, 2.05) is 56.0 Å². The van der Waals surface area contributed by atoms with Crippen molar-refractivity contribution in [1.82, 2.24) is 36.4 Å². The van der Waals surface area contributed by atoms with Crippen LogP contribution in [-0.4, -0.2) is 76.4 Å². The molecule has 0 radical (unpaired) electrons. The van der Waals surface area contributed by atoms with Crippen molar-refractivity contribution < 1.29 is 23.6 Å². The first kappa shape index (κ1) is 31.3. The molecule has 1 aromatic carbocycles. The minimum Gasteiger partial charge on any atom is -0.421 e. The summed E-state index contributed by atoms with van der Waals surface area (Å²) < 4.78 is 6.21. The zero-order valence-corrected chi connectivity index (χ0v) is 24.9. The topological polar surface area (TPSA) is 159 Å². The van der Waals surface area contributed by atoms with Gasteiger partial charge >= 0.3 is 0 Å². The number of carbonyl (C=O) groups excluding carboxylic acids is 4. The van der Waals surface area contributed by atoms with Crippen molar-refractivity contribution in [3.8, 4) is 0 Å². The number of hydrogen-bond acceptors (Lipinski definition) is 9. The highest BCUT2D eigenvalue weighted by molar-refractivity contribution is 5.89. The van der Waals surface area contributed by atoms with E-state index in [0.717, 1.165) is 12.0 Å². The predicted octanol–water partition coefficient (Wildman–Crippen LogP) is 1.59. The van der Waals surface area contributed by atoms with Gasteiger partial charge in [-0.05, 0) is 50.6 Å². The molecule has 3 heterocycles. The van der Waals surface area contributed by atoms with Gasteiger partial charge in [0.2, 0.25) is 29.5 Å². The van der Waals surface area contributed by atoms with Crippen molar-refractivity contribution in [2.24, 2.45) is 5.92 Å². The summed E-state index contributed by atoms with van der Waals surface area (Å²) in [5, 5.41) is 20.5. The van der Waals surface area contributed by atoms with Crippen molar-refractivity contribution in [3.63, 3.8) is 0 Å². The summed E-state index contributed by atoms with van der Waals surface area (Å²) in [6.45, 7) is 8.02. The van der Waals surface area contributed by atoms with E-state index in [1.165, 1.54) is 0 Å².